The number of hydrogen-bond acceptors (Lipinski definition) is 5. The summed E-state index contributed by atoms with van der Waals surface area (Å²) in [5, 5.41) is 10.1. The first-order chi connectivity index (χ1) is 9.76. The number of methoxy groups -OCH3 is 2. The second-order valence-electron chi connectivity index (χ2n) is 4.14. The lowest BCUT2D eigenvalue weighted by molar-refractivity contribution is 0.359. The van der Waals surface area contributed by atoms with Gasteiger partial charge < -0.3 is 20.0 Å². The molecule has 2 rings (SSSR count). The van der Waals surface area contributed by atoms with E-state index < -0.39 is 0 Å². The van der Waals surface area contributed by atoms with E-state index in [-0.39, 0.29) is 5.75 Å². The van der Waals surface area contributed by atoms with Gasteiger partial charge in [-0.1, -0.05) is 18.2 Å². The fraction of sp³-hybridized carbons (Fsp3) is 0.200. The zero-order valence-corrected chi connectivity index (χ0v) is 11.5. The summed E-state index contributed by atoms with van der Waals surface area (Å²) in [6.07, 6.45) is 0. The zero-order chi connectivity index (χ0) is 14.4. The number of para-hydroxylation sites is 1. The van der Waals surface area contributed by atoms with Crippen molar-refractivity contribution in [1.82, 2.24) is 5.43 Å². The molecule has 5 nitrogen and oxygen atoms in total. The summed E-state index contributed by atoms with van der Waals surface area (Å²) in [6.45, 7) is 0.390. The van der Waals surface area contributed by atoms with Crippen molar-refractivity contribution in [1.29, 1.82) is 0 Å². The molecule has 0 saturated heterocycles. The Morgan fingerprint density at radius 3 is 2.25 bits per heavy atom. The minimum absolute atomic E-state index is 0.0780. The molecule has 0 bridgehead atoms. The molecule has 0 aliphatic rings. The van der Waals surface area contributed by atoms with Gasteiger partial charge in [-0.15, -0.1) is 0 Å². The number of ether oxygens (including phenoxy) is 2. The van der Waals surface area contributed by atoms with Crippen LogP contribution in [0.1, 0.15) is 5.56 Å². The van der Waals surface area contributed by atoms with Gasteiger partial charge >= 0.3 is 0 Å². The molecular weight excluding hydrogens is 256 g/mol. The van der Waals surface area contributed by atoms with Crippen LogP contribution in [0.5, 0.6) is 17.2 Å². The van der Waals surface area contributed by atoms with Crippen molar-refractivity contribution < 1.29 is 14.6 Å². The Morgan fingerprint density at radius 1 is 0.950 bits per heavy atom. The number of anilines is 1. The number of rotatable bonds is 6. The van der Waals surface area contributed by atoms with E-state index in [9.17, 15) is 5.11 Å². The average Bonchev–Trinajstić information content (AvgIpc) is 2.50. The van der Waals surface area contributed by atoms with Crippen molar-refractivity contribution >= 4 is 5.69 Å². The summed E-state index contributed by atoms with van der Waals surface area (Å²) in [5.41, 5.74) is 7.66. The van der Waals surface area contributed by atoms with E-state index in [4.69, 9.17) is 9.47 Å². The van der Waals surface area contributed by atoms with Crippen molar-refractivity contribution in [2.24, 2.45) is 0 Å². The predicted octanol–water partition coefficient (Wildman–Crippen LogP) is 2.53. The Morgan fingerprint density at radius 2 is 1.60 bits per heavy atom. The summed E-state index contributed by atoms with van der Waals surface area (Å²) in [4.78, 5) is 0. The molecule has 106 valence electrons. The number of nitrogens with one attached hydrogen (secondary N) is 2. The van der Waals surface area contributed by atoms with Crippen LogP contribution in [0.15, 0.2) is 42.5 Å². The largest absolute Gasteiger partial charge is 0.504 e. The molecule has 0 radical (unpaired) electrons. The first-order valence-electron chi connectivity index (χ1n) is 6.23. The van der Waals surface area contributed by atoms with Gasteiger partial charge in [-0.05, 0) is 24.3 Å². The van der Waals surface area contributed by atoms with Gasteiger partial charge in [0.15, 0.2) is 11.5 Å². The Kier molecular flexibility index (Phi) is 4.68. The molecule has 0 unspecified atom stereocenters. The Bertz CT molecular complexity index is 559. The standard InChI is InChI=1S/C15H18N2O3/c1-19-13-8-9-14(20-2)15(18)12(13)10-16-17-11-6-4-3-5-7-11/h3-9,16-18H,10H2,1-2H3. The second-order valence-corrected chi connectivity index (χ2v) is 4.14. The molecule has 0 fully saturated rings. The quantitative estimate of drug-likeness (QED) is 0.707. The van der Waals surface area contributed by atoms with E-state index in [0.29, 0.717) is 23.6 Å². The Labute approximate surface area is 118 Å². The summed E-state index contributed by atoms with van der Waals surface area (Å²) in [5.74, 6) is 1.10. The smallest absolute Gasteiger partial charge is 0.166 e. The molecule has 20 heavy (non-hydrogen) atoms. The number of benzene rings is 2. The van der Waals surface area contributed by atoms with Crippen LogP contribution in [-0.4, -0.2) is 19.3 Å². The highest BCUT2D eigenvalue weighted by Crippen LogP contribution is 2.36. The third-order valence-corrected chi connectivity index (χ3v) is 2.91. The normalized spacial score (nSPS) is 10.1. The lowest BCUT2D eigenvalue weighted by atomic mass is 10.1. The zero-order valence-electron chi connectivity index (χ0n) is 11.5. The van der Waals surface area contributed by atoms with Crippen LogP contribution in [0.3, 0.4) is 0 Å². The minimum Gasteiger partial charge on any atom is -0.504 e. The number of hydrazine groups is 1. The Hall–Kier alpha value is -2.40. The SMILES string of the molecule is COc1ccc(OC)c(CNNc2ccccc2)c1O. The maximum absolute atomic E-state index is 10.1. The van der Waals surface area contributed by atoms with Crippen LogP contribution < -0.4 is 20.3 Å². The van der Waals surface area contributed by atoms with Crippen LogP contribution in [0, 0.1) is 0 Å². The van der Waals surface area contributed by atoms with Crippen LogP contribution in [0.4, 0.5) is 5.69 Å². The summed E-state index contributed by atoms with van der Waals surface area (Å²) in [6, 6.07) is 13.1. The number of phenols is 1. The molecule has 0 saturated carbocycles. The monoisotopic (exact) mass is 274 g/mol. The fourth-order valence-electron chi connectivity index (χ4n) is 1.88. The van der Waals surface area contributed by atoms with Crippen molar-refractivity contribution in [2.45, 2.75) is 6.54 Å². The highest BCUT2D eigenvalue weighted by atomic mass is 16.5. The molecule has 0 spiro atoms. The first kappa shape index (κ1) is 14.0. The lowest BCUT2D eigenvalue weighted by Crippen LogP contribution is -2.21. The third-order valence-electron chi connectivity index (χ3n) is 2.91. The molecule has 0 atom stereocenters. The van der Waals surface area contributed by atoms with Gasteiger partial charge in [0.25, 0.3) is 0 Å². The van der Waals surface area contributed by atoms with Gasteiger partial charge in [0.2, 0.25) is 0 Å². The Balaban J connectivity index is 2.08. The molecule has 5 heteroatoms. The first-order valence-corrected chi connectivity index (χ1v) is 6.23. The van der Waals surface area contributed by atoms with Crippen LogP contribution in [0.25, 0.3) is 0 Å². The van der Waals surface area contributed by atoms with Gasteiger partial charge in [-0.2, -0.15) is 0 Å². The van der Waals surface area contributed by atoms with Crippen molar-refractivity contribution in [3.05, 3.63) is 48.0 Å². The van der Waals surface area contributed by atoms with E-state index in [1.807, 2.05) is 30.3 Å². The lowest BCUT2D eigenvalue weighted by Gasteiger charge is -2.14. The molecule has 3 N–H and O–H groups in total. The summed E-state index contributed by atoms with van der Waals surface area (Å²) in [7, 11) is 3.08. The minimum atomic E-state index is 0.0780. The van der Waals surface area contributed by atoms with Crippen LogP contribution in [-0.2, 0) is 6.54 Å². The fourth-order valence-corrected chi connectivity index (χ4v) is 1.88. The predicted molar refractivity (Wildman–Crippen MR) is 78.1 cm³/mol. The van der Waals surface area contributed by atoms with Gasteiger partial charge in [0.1, 0.15) is 5.75 Å². The van der Waals surface area contributed by atoms with Gasteiger partial charge in [-0.25, -0.2) is 5.43 Å². The highest BCUT2D eigenvalue weighted by Gasteiger charge is 2.13. The van der Waals surface area contributed by atoms with Gasteiger partial charge in [0.05, 0.1) is 19.8 Å². The van der Waals surface area contributed by atoms with E-state index >= 15 is 0 Å². The maximum Gasteiger partial charge on any atom is 0.166 e. The number of aromatic hydroxyl groups is 1. The molecule has 0 aliphatic carbocycles. The molecule has 0 aromatic heterocycles. The van der Waals surface area contributed by atoms with E-state index in [1.54, 1.807) is 19.2 Å². The van der Waals surface area contributed by atoms with Gasteiger partial charge in [-0.3, -0.25) is 0 Å². The molecule has 0 amide bonds. The summed E-state index contributed by atoms with van der Waals surface area (Å²) >= 11 is 0. The molecular formula is C15H18N2O3. The molecule has 0 heterocycles. The second kappa shape index (κ2) is 6.68. The topological polar surface area (TPSA) is 62.8 Å². The highest BCUT2D eigenvalue weighted by molar-refractivity contribution is 5.53. The van der Waals surface area contributed by atoms with Crippen molar-refractivity contribution in [2.75, 3.05) is 19.6 Å². The average molecular weight is 274 g/mol. The van der Waals surface area contributed by atoms with Crippen molar-refractivity contribution in [3.63, 3.8) is 0 Å². The molecule has 2 aromatic carbocycles. The van der Waals surface area contributed by atoms with Crippen molar-refractivity contribution in [3.8, 4) is 17.2 Å². The molecule has 0 aliphatic heterocycles. The van der Waals surface area contributed by atoms with E-state index in [1.165, 1.54) is 7.11 Å². The van der Waals surface area contributed by atoms with E-state index in [2.05, 4.69) is 10.9 Å². The summed E-state index contributed by atoms with van der Waals surface area (Å²) < 4.78 is 10.3. The molecule has 2 aromatic rings. The van der Waals surface area contributed by atoms with Crippen LogP contribution >= 0.6 is 0 Å². The third kappa shape index (κ3) is 3.13. The maximum atomic E-state index is 10.1. The van der Waals surface area contributed by atoms with Crippen LogP contribution in [0.2, 0.25) is 0 Å². The van der Waals surface area contributed by atoms with Gasteiger partial charge in [0, 0.05) is 12.2 Å². The van der Waals surface area contributed by atoms with E-state index in [0.717, 1.165) is 5.69 Å². The number of phenolic OH excluding ortho intramolecular Hbond substituents is 1. The number of hydrogen-bond donors (Lipinski definition) is 3.